The van der Waals surface area contributed by atoms with Gasteiger partial charge in [-0.1, -0.05) is 17.3 Å². The Morgan fingerprint density at radius 2 is 2.09 bits per heavy atom. The zero-order valence-electron chi connectivity index (χ0n) is 13.7. The predicted octanol–water partition coefficient (Wildman–Crippen LogP) is 1.59. The number of phenols is 1. The molecule has 1 aromatic rings. The van der Waals surface area contributed by atoms with E-state index in [2.05, 4.69) is 10.1 Å². The molecule has 1 fully saturated rings. The van der Waals surface area contributed by atoms with Crippen molar-refractivity contribution in [3.63, 3.8) is 0 Å². The van der Waals surface area contributed by atoms with Gasteiger partial charge in [-0.2, -0.15) is 0 Å². The number of nitrogens with zero attached hydrogens (tertiary/aromatic N) is 3. The second kappa shape index (κ2) is 6.20. The number of piperazine rings is 1. The SMILES string of the molecule is CC1=NOC(C)(C(=O)N2CCN(Cc3cccc(O)c3)CC2)C1. The summed E-state index contributed by atoms with van der Waals surface area (Å²) in [5.41, 5.74) is 1.11. The molecule has 0 bridgehead atoms. The molecule has 0 aromatic heterocycles. The van der Waals surface area contributed by atoms with Crippen molar-refractivity contribution in [1.29, 1.82) is 0 Å². The number of oxime groups is 1. The molecule has 3 rings (SSSR count). The van der Waals surface area contributed by atoms with Crippen molar-refractivity contribution in [2.24, 2.45) is 5.16 Å². The third kappa shape index (κ3) is 3.47. The van der Waals surface area contributed by atoms with Gasteiger partial charge in [0.05, 0.1) is 5.71 Å². The normalized spacial score (nSPS) is 25.1. The summed E-state index contributed by atoms with van der Waals surface area (Å²) >= 11 is 0. The molecule has 0 aliphatic carbocycles. The van der Waals surface area contributed by atoms with Gasteiger partial charge in [0.15, 0.2) is 0 Å². The van der Waals surface area contributed by atoms with Crippen LogP contribution in [0.15, 0.2) is 29.4 Å². The average Bonchev–Trinajstić information content (AvgIpc) is 2.88. The van der Waals surface area contributed by atoms with Gasteiger partial charge < -0.3 is 14.8 Å². The highest BCUT2D eigenvalue weighted by atomic mass is 16.7. The molecule has 23 heavy (non-hydrogen) atoms. The van der Waals surface area contributed by atoms with E-state index in [-0.39, 0.29) is 11.7 Å². The van der Waals surface area contributed by atoms with Gasteiger partial charge in [0.1, 0.15) is 5.75 Å². The second-order valence-electron chi connectivity index (χ2n) is 6.56. The van der Waals surface area contributed by atoms with Crippen LogP contribution in [0.25, 0.3) is 0 Å². The second-order valence-corrected chi connectivity index (χ2v) is 6.56. The molecule has 1 aromatic carbocycles. The largest absolute Gasteiger partial charge is 0.508 e. The zero-order chi connectivity index (χ0) is 16.4. The van der Waals surface area contributed by atoms with Gasteiger partial charge in [-0.25, -0.2) is 0 Å². The molecule has 1 saturated heterocycles. The molecule has 6 heteroatoms. The van der Waals surface area contributed by atoms with Crippen molar-refractivity contribution >= 4 is 11.6 Å². The fourth-order valence-electron chi connectivity index (χ4n) is 3.20. The molecule has 2 aliphatic rings. The van der Waals surface area contributed by atoms with Crippen LogP contribution in [0.5, 0.6) is 5.75 Å². The van der Waals surface area contributed by atoms with E-state index in [4.69, 9.17) is 4.84 Å². The Labute approximate surface area is 136 Å². The van der Waals surface area contributed by atoms with Gasteiger partial charge in [-0.15, -0.1) is 0 Å². The number of hydrogen-bond donors (Lipinski definition) is 1. The van der Waals surface area contributed by atoms with Crippen LogP contribution in [0, 0.1) is 0 Å². The molecule has 1 N–H and O–H groups in total. The molecule has 0 saturated carbocycles. The topological polar surface area (TPSA) is 65.4 Å². The van der Waals surface area contributed by atoms with E-state index in [1.165, 1.54) is 0 Å². The van der Waals surface area contributed by atoms with Gasteiger partial charge in [-0.05, 0) is 31.5 Å². The van der Waals surface area contributed by atoms with Crippen molar-refractivity contribution in [3.8, 4) is 5.75 Å². The number of carbonyl (C=O) groups excluding carboxylic acids is 1. The van der Waals surface area contributed by atoms with E-state index in [0.29, 0.717) is 19.5 Å². The van der Waals surface area contributed by atoms with Crippen molar-refractivity contribution in [2.75, 3.05) is 26.2 Å². The lowest BCUT2D eigenvalue weighted by atomic mass is 9.98. The summed E-state index contributed by atoms with van der Waals surface area (Å²) in [4.78, 5) is 22.2. The van der Waals surface area contributed by atoms with E-state index in [1.807, 2.05) is 30.9 Å². The summed E-state index contributed by atoms with van der Waals surface area (Å²) in [7, 11) is 0. The number of phenolic OH excluding ortho intramolecular Hbond substituents is 1. The maximum atomic E-state index is 12.7. The molecule has 1 amide bonds. The van der Waals surface area contributed by atoms with E-state index < -0.39 is 5.60 Å². The lowest BCUT2D eigenvalue weighted by molar-refractivity contribution is -0.155. The number of hydrogen-bond acceptors (Lipinski definition) is 5. The van der Waals surface area contributed by atoms with Crippen molar-refractivity contribution in [1.82, 2.24) is 9.80 Å². The van der Waals surface area contributed by atoms with Gasteiger partial charge in [0, 0.05) is 39.1 Å². The minimum absolute atomic E-state index is 0.0232. The predicted molar refractivity (Wildman–Crippen MR) is 87.2 cm³/mol. The molecule has 1 atom stereocenters. The van der Waals surface area contributed by atoms with E-state index in [9.17, 15) is 9.90 Å². The Morgan fingerprint density at radius 1 is 1.35 bits per heavy atom. The first-order valence-corrected chi connectivity index (χ1v) is 7.97. The third-order valence-electron chi connectivity index (χ3n) is 4.42. The van der Waals surface area contributed by atoms with Crippen LogP contribution in [-0.4, -0.2) is 58.3 Å². The molecular weight excluding hydrogens is 294 g/mol. The summed E-state index contributed by atoms with van der Waals surface area (Å²) in [6.07, 6.45) is 0.565. The van der Waals surface area contributed by atoms with Gasteiger partial charge in [0.2, 0.25) is 5.60 Å². The first-order chi connectivity index (χ1) is 11.0. The first-order valence-electron chi connectivity index (χ1n) is 7.97. The van der Waals surface area contributed by atoms with Gasteiger partial charge in [0.25, 0.3) is 5.91 Å². The molecule has 124 valence electrons. The van der Waals surface area contributed by atoms with Crippen molar-refractivity contribution < 1.29 is 14.7 Å². The van der Waals surface area contributed by atoms with Gasteiger partial charge >= 0.3 is 0 Å². The zero-order valence-corrected chi connectivity index (χ0v) is 13.7. The van der Waals surface area contributed by atoms with Crippen LogP contribution in [-0.2, 0) is 16.2 Å². The van der Waals surface area contributed by atoms with Crippen molar-refractivity contribution in [3.05, 3.63) is 29.8 Å². The summed E-state index contributed by atoms with van der Waals surface area (Å²) < 4.78 is 0. The molecule has 2 heterocycles. The van der Waals surface area contributed by atoms with E-state index in [1.54, 1.807) is 12.1 Å². The summed E-state index contributed by atoms with van der Waals surface area (Å²) in [5.74, 6) is 0.313. The lowest BCUT2D eigenvalue weighted by Crippen LogP contribution is -2.54. The molecule has 0 spiro atoms. The van der Waals surface area contributed by atoms with Crippen LogP contribution in [0.4, 0.5) is 0 Å². The maximum absolute atomic E-state index is 12.7. The average molecular weight is 317 g/mol. The van der Waals surface area contributed by atoms with Crippen LogP contribution >= 0.6 is 0 Å². The molecule has 2 aliphatic heterocycles. The van der Waals surface area contributed by atoms with Crippen molar-refractivity contribution in [2.45, 2.75) is 32.4 Å². The summed E-state index contributed by atoms with van der Waals surface area (Å²) in [6, 6.07) is 7.31. The Morgan fingerprint density at radius 3 is 2.70 bits per heavy atom. The lowest BCUT2D eigenvalue weighted by Gasteiger charge is -2.37. The molecule has 1 unspecified atom stereocenters. The minimum Gasteiger partial charge on any atom is -0.508 e. The Hall–Kier alpha value is -2.08. The highest BCUT2D eigenvalue weighted by molar-refractivity contribution is 5.94. The number of rotatable bonds is 3. The van der Waals surface area contributed by atoms with Crippen LogP contribution in [0.2, 0.25) is 0 Å². The van der Waals surface area contributed by atoms with Crippen LogP contribution < -0.4 is 0 Å². The highest BCUT2D eigenvalue weighted by Crippen LogP contribution is 2.26. The Balaban J connectivity index is 1.53. The first kappa shape index (κ1) is 15.8. The third-order valence-corrected chi connectivity index (χ3v) is 4.42. The summed E-state index contributed by atoms with van der Waals surface area (Å²) in [6.45, 7) is 7.49. The molecule has 0 radical (unpaired) electrons. The molecule has 6 nitrogen and oxygen atoms in total. The van der Waals surface area contributed by atoms with E-state index >= 15 is 0 Å². The minimum atomic E-state index is -0.836. The van der Waals surface area contributed by atoms with Crippen LogP contribution in [0.3, 0.4) is 0 Å². The number of amides is 1. The number of carbonyl (C=O) groups is 1. The maximum Gasteiger partial charge on any atom is 0.269 e. The Bertz CT molecular complexity index is 623. The number of aromatic hydroxyl groups is 1. The van der Waals surface area contributed by atoms with Crippen LogP contribution in [0.1, 0.15) is 25.8 Å². The standard InChI is InChI=1S/C17H23N3O3/c1-13-11-17(2,23-18-13)16(22)20-8-6-19(7-9-20)12-14-4-3-5-15(21)10-14/h3-5,10,21H,6-9,11-12H2,1-2H3. The fourth-order valence-corrected chi connectivity index (χ4v) is 3.20. The smallest absolute Gasteiger partial charge is 0.269 e. The van der Waals surface area contributed by atoms with E-state index in [0.717, 1.165) is 30.9 Å². The Kier molecular flexibility index (Phi) is 4.26. The monoisotopic (exact) mass is 317 g/mol. The quantitative estimate of drug-likeness (QED) is 0.919. The number of benzene rings is 1. The fraction of sp³-hybridized carbons (Fsp3) is 0.529. The highest BCUT2D eigenvalue weighted by Gasteiger charge is 2.43. The summed E-state index contributed by atoms with van der Waals surface area (Å²) in [5, 5.41) is 13.5. The van der Waals surface area contributed by atoms with Gasteiger partial charge in [-0.3, -0.25) is 9.69 Å². The molecular formula is C17H23N3O3.